The molecule has 1 aromatic heterocycles. The predicted octanol–water partition coefficient (Wildman–Crippen LogP) is 4.00. The van der Waals surface area contributed by atoms with Crippen LogP contribution in [0.4, 0.5) is 0 Å². The molecule has 4 rings (SSSR count). The first-order valence-corrected chi connectivity index (χ1v) is 9.60. The summed E-state index contributed by atoms with van der Waals surface area (Å²) >= 11 is 0. The highest BCUT2D eigenvalue weighted by atomic mass is 16.5. The van der Waals surface area contributed by atoms with Gasteiger partial charge in [-0.1, -0.05) is 24.3 Å². The summed E-state index contributed by atoms with van der Waals surface area (Å²) in [7, 11) is 1.34. The molecule has 1 aliphatic carbocycles. The number of carbonyl (C=O) groups excluding carboxylic acids is 1. The number of rotatable bonds is 5. The summed E-state index contributed by atoms with van der Waals surface area (Å²) in [4.78, 5) is 16.4. The van der Waals surface area contributed by atoms with E-state index in [0.29, 0.717) is 24.5 Å². The second-order valence-electron chi connectivity index (χ2n) is 7.15. The van der Waals surface area contributed by atoms with Crippen LogP contribution in [0.15, 0.2) is 52.9 Å². The number of methoxy groups -OCH3 is 1. The molecule has 6 nitrogen and oxygen atoms in total. The molecule has 3 aromatic rings. The highest BCUT2D eigenvalue weighted by Gasteiger charge is 2.34. The minimum atomic E-state index is -0.855. The Balaban J connectivity index is 1.47. The molecule has 0 saturated heterocycles. The molecule has 0 spiro atoms. The van der Waals surface area contributed by atoms with Crippen molar-refractivity contribution in [2.45, 2.75) is 32.5 Å². The molecule has 1 heterocycles. The summed E-state index contributed by atoms with van der Waals surface area (Å²) in [5, 5.41) is 10.5. The normalized spacial score (nSPS) is 18.2. The third kappa shape index (κ3) is 3.89. The van der Waals surface area contributed by atoms with E-state index >= 15 is 0 Å². The van der Waals surface area contributed by atoms with Crippen LogP contribution >= 0.6 is 0 Å². The Morgan fingerprint density at radius 3 is 2.79 bits per heavy atom. The van der Waals surface area contributed by atoms with Crippen molar-refractivity contribution in [1.29, 1.82) is 0 Å². The van der Waals surface area contributed by atoms with Gasteiger partial charge in [0.1, 0.15) is 23.8 Å². The van der Waals surface area contributed by atoms with E-state index in [0.717, 1.165) is 28.1 Å². The van der Waals surface area contributed by atoms with E-state index in [1.165, 1.54) is 7.11 Å². The van der Waals surface area contributed by atoms with Gasteiger partial charge in [0.25, 0.3) is 0 Å². The first-order chi connectivity index (χ1) is 14.1. The predicted molar refractivity (Wildman–Crippen MR) is 106 cm³/mol. The molecule has 0 bridgehead atoms. The van der Waals surface area contributed by atoms with Crippen molar-refractivity contribution in [3.8, 4) is 17.2 Å². The molecule has 0 amide bonds. The molecule has 29 heavy (non-hydrogen) atoms. The van der Waals surface area contributed by atoms with Gasteiger partial charge in [0, 0.05) is 5.56 Å². The third-order valence-corrected chi connectivity index (χ3v) is 5.33. The van der Waals surface area contributed by atoms with Crippen molar-refractivity contribution >= 4 is 5.97 Å². The minimum Gasteiger partial charge on any atom is -0.487 e. The number of oxazole rings is 1. The minimum absolute atomic E-state index is 0.286. The fraction of sp³-hybridized carbons (Fsp3) is 0.304. The number of benzene rings is 2. The van der Waals surface area contributed by atoms with Crippen molar-refractivity contribution in [2.24, 2.45) is 5.92 Å². The monoisotopic (exact) mass is 393 g/mol. The number of hydrogen-bond acceptors (Lipinski definition) is 6. The van der Waals surface area contributed by atoms with Crippen LogP contribution in [0, 0.1) is 12.8 Å². The van der Waals surface area contributed by atoms with Crippen LogP contribution in [-0.2, 0) is 22.6 Å². The van der Waals surface area contributed by atoms with Crippen LogP contribution < -0.4 is 4.74 Å². The van der Waals surface area contributed by atoms with Crippen LogP contribution in [0.2, 0.25) is 0 Å². The Morgan fingerprint density at radius 1 is 1.24 bits per heavy atom. The second kappa shape index (κ2) is 8.09. The number of ether oxygens (including phenoxy) is 2. The number of fused-ring (bicyclic) bond motifs is 1. The van der Waals surface area contributed by atoms with Gasteiger partial charge in [-0.15, -0.1) is 0 Å². The van der Waals surface area contributed by atoms with E-state index in [4.69, 9.17) is 13.9 Å². The molecule has 150 valence electrons. The third-order valence-electron chi connectivity index (χ3n) is 5.33. The maximum absolute atomic E-state index is 11.8. The average molecular weight is 393 g/mol. The van der Waals surface area contributed by atoms with Gasteiger partial charge < -0.3 is 19.0 Å². The van der Waals surface area contributed by atoms with Gasteiger partial charge in [0.2, 0.25) is 5.89 Å². The molecule has 6 heteroatoms. The van der Waals surface area contributed by atoms with Gasteiger partial charge in [-0.2, -0.15) is 0 Å². The maximum Gasteiger partial charge on any atom is 0.311 e. The molecule has 2 aromatic carbocycles. The summed E-state index contributed by atoms with van der Waals surface area (Å²) < 4.78 is 16.5. The Labute approximate surface area is 169 Å². The van der Waals surface area contributed by atoms with Crippen LogP contribution in [0.1, 0.15) is 35.1 Å². The lowest BCUT2D eigenvalue weighted by atomic mass is 9.81. The summed E-state index contributed by atoms with van der Waals surface area (Å²) in [6, 6.07) is 15.3. The molecule has 2 atom stereocenters. The second-order valence-corrected chi connectivity index (χ2v) is 7.15. The van der Waals surface area contributed by atoms with E-state index in [9.17, 15) is 9.90 Å². The topological polar surface area (TPSA) is 81.8 Å². The van der Waals surface area contributed by atoms with Crippen molar-refractivity contribution in [3.05, 3.63) is 71.1 Å². The first-order valence-electron chi connectivity index (χ1n) is 9.60. The van der Waals surface area contributed by atoms with Gasteiger partial charge in [-0.25, -0.2) is 4.98 Å². The van der Waals surface area contributed by atoms with E-state index < -0.39 is 12.0 Å². The number of nitrogens with zero attached hydrogens (tertiary/aromatic N) is 1. The lowest BCUT2D eigenvalue weighted by Crippen LogP contribution is -2.28. The number of aryl methyl sites for hydroxylation is 2. The SMILES string of the molecule is COC(=O)C1CCc2cc(OCc3nc(-c4ccccc4)oc3C)ccc2C1O. The zero-order chi connectivity index (χ0) is 20.4. The summed E-state index contributed by atoms with van der Waals surface area (Å²) in [6.45, 7) is 2.16. The van der Waals surface area contributed by atoms with Crippen LogP contribution in [0.25, 0.3) is 11.5 Å². The van der Waals surface area contributed by atoms with Crippen molar-refractivity contribution in [2.75, 3.05) is 7.11 Å². The van der Waals surface area contributed by atoms with E-state index in [-0.39, 0.29) is 12.6 Å². The van der Waals surface area contributed by atoms with Crippen molar-refractivity contribution in [1.82, 2.24) is 4.98 Å². The molecule has 1 N–H and O–H groups in total. The molecule has 1 aliphatic rings. The zero-order valence-electron chi connectivity index (χ0n) is 16.4. The van der Waals surface area contributed by atoms with Gasteiger partial charge in [0.05, 0.1) is 19.1 Å². The number of aliphatic hydroxyl groups is 1. The van der Waals surface area contributed by atoms with E-state index in [2.05, 4.69) is 4.98 Å². The molecule has 2 unspecified atom stereocenters. The van der Waals surface area contributed by atoms with Crippen LogP contribution in [0.3, 0.4) is 0 Å². The number of esters is 1. The first kappa shape index (κ1) is 19.2. The molecular weight excluding hydrogens is 370 g/mol. The Bertz CT molecular complexity index is 1010. The van der Waals surface area contributed by atoms with Gasteiger partial charge >= 0.3 is 5.97 Å². The molecular formula is C23H23NO5. The zero-order valence-corrected chi connectivity index (χ0v) is 16.4. The molecule has 0 saturated carbocycles. The largest absolute Gasteiger partial charge is 0.487 e. The molecule has 0 aliphatic heterocycles. The number of aromatic nitrogens is 1. The lowest BCUT2D eigenvalue weighted by Gasteiger charge is -2.28. The van der Waals surface area contributed by atoms with E-state index in [1.807, 2.05) is 49.4 Å². The quantitative estimate of drug-likeness (QED) is 0.660. The van der Waals surface area contributed by atoms with Crippen molar-refractivity contribution in [3.63, 3.8) is 0 Å². The van der Waals surface area contributed by atoms with Crippen LogP contribution in [-0.4, -0.2) is 23.2 Å². The summed E-state index contributed by atoms with van der Waals surface area (Å²) in [5.41, 5.74) is 3.40. The highest BCUT2D eigenvalue weighted by Crippen LogP contribution is 2.37. The van der Waals surface area contributed by atoms with E-state index in [1.54, 1.807) is 6.07 Å². The van der Waals surface area contributed by atoms with Crippen LogP contribution in [0.5, 0.6) is 5.75 Å². The lowest BCUT2D eigenvalue weighted by molar-refractivity contribution is -0.150. The summed E-state index contributed by atoms with van der Waals surface area (Å²) in [6.07, 6.45) is 0.379. The smallest absolute Gasteiger partial charge is 0.311 e. The Kier molecular flexibility index (Phi) is 5.36. The maximum atomic E-state index is 11.8. The Hall–Kier alpha value is -3.12. The van der Waals surface area contributed by atoms with Gasteiger partial charge in [-0.05, 0) is 55.2 Å². The number of hydrogen-bond donors (Lipinski definition) is 1. The standard InChI is InChI=1S/C23H23NO5/c1-14-20(24-22(29-14)15-6-4-3-5-7-15)13-28-17-9-11-18-16(12-17)8-10-19(21(18)25)23(26)27-2/h3-7,9,11-12,19,21,25H,8,10,13H2,1-2H3. The number of carbonyl (C=O) groups is 1. The average Bonchev–Trinajstić information content (AvgIpc) is 3.13. The summed E-state index contributed by atoms with van der Waals surface area (Å²) in [5.74, 6) is 1.09. The van der Waals surface area contributed by atoms with Gasteiger partial charge in [0.15, 0.2) is 0 Å². The van der Waals surface area contributed by atoms with Gasteiger partial charge in [-0.3, -0.25) is 4.79 Å². The highest BCUT2D eigenvalue weighted by molar-refractivity contribution is 5.74. The molecule has 0 radical (unpaired) electrons. The Morgan fingerprint density at radius 2 is 2.03 bits per heavy atom. The fourth-order valence-corrected chi connectivity index (χ4v) is 3.68. The van der Waals surface area contributed by atoms with Crippen molar-refractivity contribution < 1.29 is 23.8 Å². The number of aliphatic hydroxyl groups excluding tert-OH is 1. The fourth-order valence-electron chi connectivity index (χ4n) is 3.68. The molecule has 0 fully saturated rings.